The van der Waals surface area contributed by atoms with E-state index in [0.717, 1.165) is 0 Å². The van der Waals surface area contributed by atoms with Gasteiger partial charge in [-0.25, -0.2) is 9.52 Å². The predicted octanol–water partition coefficient (Wildman–Crippen LogP) is -1.07. The fourth-order valence-electron chi connectivity index (χ4n) is 0.818. The average Bonchev–Trinajstić information content (AvgIpc) is 2.14. The molecule has 0 heterocycles. The molecule has 0 spiro atoms. The van der Waals surface area contributed by atoms with E-state index in [2.05, 4.69) is 9.46 Å². The van der Waals surface area contributed by atoms with Crippen molar-refractivity contribution in [3.63, 3.8) is 0 Å². The van der Waals surface area contributed by atoms with Crippen LogP contribution in [0.4, 0.5) is 4.79 Å². The second kappa shape index (κ2) is 8.23. The summed E-state index contributed by atoms with van der Waals surface area (Å²) in [5, 5.41) is 0. The molecule has 9 heteroatoms. The van der Waals surface area contributed by atoms with Crippen LogP contribution in [-0.4, -0.2) is 46.9 Å². The lowest BCUT2D eigenvalue weighted by molar-refractivity contribution is 0.121. The van der Waals surface area contributed by atoms with E-state index in [9.17, 15) is 13.2 Å². The van der Waals surface area contributed by atoms with Crippen molar-refractivity contribution >= 4 is 16.3 Å². The molecule has 0 aliphatic rings. The van der Waals surface area contributed by atoms with Crippen molar-refractivity contribution in [2.24, 2.45) is 5.73 Å². The summed E-state index contributed by atoms with van der Waals surface area (Å²) in [5.41, 5.74) is 5.17. The quantitative estimate of drug-likeness (QED) is 0.483. The Morgan fingerprint density at radius 2 is 2.00 bits per heavy atom. The molecule has 0 fully saturated rings. The third-order valence-corrected chi connectivity index (χ3v) is 2.38. The minimum atomic E-state index is -3.90. The van der Waals surface area contributed by atoms with E-state index in [4.69, 9.17) is 10.5 Å². The van der Waals surface area contributed by atoms with E-state index < -0.39 is 22.4 Å². The number of carbonyl (C=O) groups excluding carboxylic acids is 1. The molecule has 0 atom stereocenters. The van der Waals surface area contributed by atoms with Gasteiger partial charge in [-0.15, -0.1) is 0 Å². The van der Waals surface area contributed by atoms with Crippen LogP contribution < -0.4 is 15.2 Å². The maximum absolute atomic E-state index is 11.3. The normalized spacial score (nSPS) is 11.5. The maximum atomic E-state index is 11.3. The van der Waals surface area contributed by atoms with Gasteiger partial charge in [-0.05, 0) is 13.8 Å². The van der Waals surface area contributed by atoms with Gasteiger partial charge in [-0.1, -0.05) is 0 Å². The Balaban J connectivity index is 3.84. The molecule has 0 aromatic carbocycles. The zero-order valence-corrected chi connectivity index (χ0v) is 10.7. The highest BCUT2D eigenvalue weighted by atomic mass is 32.2. The molecule has 0 aliphatic carbocycles. The van der Waals surface area contributed by atoms with Crippen LogP contribution in [0.15, 0.2) is 0 Å². The molecule has 102 valence electrons. The zero-order valence-electron chi connectivity index (χ0n) is 9.93. The summed E-state index contributed by atoms with van der Waals surface area (Å²) in [4.78, 5) is 11.0. The fraction of sp³-hybridized carbons (Fsp3) is 0.875. The van der Waals surface area contributed by atoms with Gasteiger partial charge in [0.2, 0.25) is 0 Å². The first kappa shape index (κ1) is 16.1. The molecule has 0 aromatic rings. The number of ether oxygens (including phenoxy) is 2. The van der Waals surface area contributed by atoms with Crippen LogP contribution in [0.1, 0.15) is 13.8 Å². The lowest BCUT2D eigenvalue weighted by Crippen LogP contribution is -2.42. The number of nitrogens with two attached hydrogens (primary N) is 1. The van der Waals surface area contributed by atoms with Crippen LogP contribution in [0.25, 0.3) is 0 Å². The van der Waals surface area contributed by atoms with Gasteiger partial charge in [-0.3, -0.25) is 0 Å². The van der Waals surface area contributed by atoms with Gasteiger partial charge in [0.25, 0.3) is 0 Å². The largest absolute Gasteiger partial charge is 0.446 e. The van der Waals surface area contributed by atoms with Crippen LogP contribution in [0.5, 0.6) is 0 Å². The Morgan fingerprint density at radius 3 is 2.53 bits per heavy atom. The lowest BCUT2D eigenvalue weighted by atomic mass is 10.5. The summed E-state index contributed by atoms with van der Waals surface area (Å²) in [5.74, 6) is 0. The summed E-state index contributed by atoms with van der Waals surface area (Å²) in [6, 6.07) is 0. The van der Waals surface area contributed by atoms with Gasteiger partial charge in [0.05, 0.1) is 19.3 Å². The molecule has 0 radical (unpaired) electrons. The van der Waals surface area contributed by atoms with Crippen LogP contribution in [-0.2, 0) is 19.7 Å². The second-order valence-electron chi connectivity index (χ2n) is 3.35. The SMILES string of the molecule is CC(C)OC(=O)NS(=O)(=O)NCCOCCN. The Morgan fingerprint density at radius 1 is 1.35 bits per heavy atom. The fourth-order valence-corrected chi connectivity index (χ4v) is 1.51. The van der Waals surface area contributed by atoms with E-state index in [0.29, 0.717) is 13.2 Å². The Kier molecular flexibility index (Phi) is 7.79. The van der Waals surface area contributed by atoms with Crippen molar-refractivity contribution in [3.05, 3.63) is 0 Å². The summed E-state index contributed by atoms with van der Waals surface area (Å²) in [7, 11) is -3.90. The number of nitrogens with one attached hydrogen (secondary N) is 2. The molecule has 4 N–H and O–H groups in total. The van der Waals surface area contributed by atoms with Gasteiger partial charge in [0, 0.05) is 13.1 Å². The number of rotatable bonds is 8. The molecule has 0 aromatic heterocycles. The highest BCUT2D eigenvalue weighted by Gasteiger charge is 2.15. The minimum Gasteiger partial charge on any atom is -0.446 e. The van der Waals surface area contributed by atoms with Crippen molar-refractivity contribution in [3.8, 4) is 0 Å². The molecule has 1 amide bonds. The third kappa shape index (κ3) is 10.00. The highest BCUT2D eigenvalue weighted by Crippen LogP contribution is 1.89. The van der Waals surface area contributed by atoms with Gasteiger partial charge in [0.1, 0.15) is 0 Å². The zero-order chi connectivity index (χ0) is 13.3. The Labute approximate surface area is 101 Å². The minimum absolute atomic E-state index is 0.0459. The Bertz CT molecular complexity index is 317. The predicted molar refractivity (Wildman–Crippen MR) is 61.5 cm³/mol. The molecule has 0 bridgehead atoms. The standard InChI is InChI=1S/C8H19N3O5S/c1-7(2)16-8(12)11-17(13,14)10-4-6-15-5-3-9/h7,10H,3-6,9H2,1-2H3,(H,11,12). The first-order chi connectivity index (χ1) is 7.87. The second-order valence-corrected chi connectivity index (χ2v) is 4.85. The van der Waals surface area contributed by atoms with Crippen molar-refractivity contribution < 1.29 is 22.7 Å². The number of carbonyl (C=O) groups is 1. The van der Waals surface area contributed by atoms with Crippen molar-refractivity contribution in [2.75, 3.05) is 26.3 Å². The molecule has 0 saturated carbocycles. The van der Waals surface area contributed by atoms with Crippen LogP contribution in [0.2, 0.25) is 0 Å². The van der Waals surface area contributed by atoms with Gasteiger partial charge >= 0.3 is 16.3 Å². The summed E-state index contributed by atoms with van der Waals surface area (Å²) >= 11 is 0. The molecular weight excluding hydrogens is 250 g/mol. The number of hydrogen-bond acceptors (Lipinski definition) is 6. The van der Waals surface area contributed by atoms with E-state index >= 15 is 0 Å². The maximum Gasteiger partial charge on any atom is 0.422 e. The van der Waals surface area contributed by atoms with E-state index in [1.54, 1.807) is 18.6 Å². The highest BCUT2D eigenvalue weighted by molar-refractivity contribution is 7.88. The van der Waals surface area contributed by atoms with E-state index in [1.165, 1.54) is 0 Å². The lowest BCUT2D eigenvalue weighted by Gasteiger charge is -2.10. The van der Waals surface area contributed by atoms with E-state index in [-0.39, 0.29) is 13.2 Å². The number of amides is 1. The molecule has 0 saturated heterocycles. The monoisotopic (exact) mass is 269 g/mol. The summed E-state index contributed by atoms with van der Waals surface area (Å²) < 4.78 is 35.9. The average molecular weight is 269 g/mol. The van der Waals surface area contributed by atoms with Crippen molar-refractivity contribution in [2.45, 2.75) is 20.0 Å². The third-order valence-electron chi connectivity index (χ3n) is 1.36. The van der Waals surface area contributed by atoms with Gasteiger partial charge in [0.15, 0.2) is 0 Å². The first-order valence-electron chi connectivity index (χ1n) is 5.13. The summed E-state index contributed by atoms with van der Waals surface area (Å²) in [6.07, 6.45) is -1.41. The van der Waals surface area contributed by atoms with Crippen LogP contribution in [0.3, 0.4) is 0 Å². The van der Waals surface area contributed by atoms with Gasteiger partial charge in [-0.2, -0.15) is 13.1 Å². The molecule has 17 heavy (non-hydrogen) atoms. The molecule has 0 unspecified atom stereocenters. The molecule has 8 nitrogen and oxygen atoms in total. The van der Waals surface area contributed by atoms with Crippen molar-refractivity contribution in [1.82, 2.24) is 9.44 Å². The molecule has 0 aliphatic heterocycles. The molecule has 0 rings (SSSR count). The first-order valence-corrected chi connectivity index (χ1v) is 6.61. The Hall–Kier alpha value is -0.900. The van der Waals surface area contributed by atoms with E-state index in [1.807, 2.05) is 0 Å². The smallest absolute Gasteiger partial charge is 0.422 e. The number of hydrogen-bond donors (Lipinski definition) is 3. The van der Waals surface area contributed by atoms with Crippen molar-refractivity contribution in [1.29, 1.82) is 0 Å². The van der Waals surface area contributed by atoms with Crippen LogP contribution in [0, 0.1) is 0 Å². The van der Waals surface area contributed by atoms with Crippen LogP contribution >= 0.6 is 0 Å². The van der Waals surface area contributed by atoms with Gasteiger partial charge < -0.3 is 15.2 Å². The molecular formula is C8H19N3O5S. The summed E-state index contributed by atoms with van der Waals surface area (Å²) in [6.45, 7) is 4.17. The topological polar surface area (TPSA) is 120 Å².